The third-order valence-corrected chi connectivity index (χ3v) is 4.28. The maximum absolute atomic E-state index is 13.3. The molecule has 0 saturated carbocycles. The molecule has 0 bridgehead atoms. The van der Waals surface area contributed by atoms with Gasteiger partial charge >= 0.3 is 0 Å². The van der Waals surface area contributed by atoms with E-state index in [9.17, 15) is 4.39 Å². The topological polar surface area (TPSA) is 15.3 Å². The Morgan fingerprint density at radius 2 is 1.85 bits per heavy atom. The summed E-state index contributed by atoms with van der Waals surface area (Å²) in [5.74, 6) is -0.191. The summed E-state index contributed by atoms with van der Waals surface area (Å²) in [4.78, 5) is 2.49. The van der Waals surface area contributed by atoms with Gasteiger partial charge in [-0.2, -0.15) is 0 Å². The van der Waals surface area contributed by atoms with Gasteiger partial charge in [0, 0.05) is 36.7 Å². The van der Waals surface area contributed by atoms with E-state index in [1.165, 1.54) is 5.56 Å². The lowest BCUT2D eigenvalue weighted by Crippen LogP contribution is -2.48. The molecule has 1 fully saturated rings. The van der Waals surface area contributed by atoms with Crippen LogP contribution in [-0.4, -0.2) is 31.1 Å². The van der Waals surface area contributed by atoms with Crippen LogP contribution in [0.25, 0.3) is 0 Å². The van der Waals surface area contributed by atoms with Crippen molar-refractivity contribution in [3.05, 3.63) is 34.1 Å². The van der Waals surface area contributed by atoms with E-state index in [-0.39, 0.29) is 23.6 Å². The molecule has 0 radical (unpaired) electrons. The highest BCUT2D eigenvalue weighted by Gasteiger charge is 2.33. The maximum Gasteiger partial charge on any atom is 0.124 e. The monoisotopic (exact) mass is 364 g/mol. The quantitative estimate of drug-likeness (QED) is 0.852. The minimum Gasteiger partial charge on any atom is -0.314 e. The lowest BCUT2D eigenvalue weighted by Gasteiger charge is -2.43. The van der Waals surface area contributed by atoms with Crippen molar-refractivity contribution in [3.63, 3.8) is 0 Å². The Balaban J connectivity index is 0.00000200. The van der Waals surface area contributed by atoms with Gasteiger partial charge in [0.2, 0.25) is 0 Å². The van der Waals surface area contributed by atoms with Crippen LogP contribution < -0.4 is 5.32 Å². The first-order valence-electron chi connectivity index (χ1n) is 6.79. The molecule has 1 N–H and O–H groups in total. The van der Waals surface area contributed by atoms with Crippen LogP contribution >= 0.6 is 28.3 Å². The highest BCUT2D eigenvalue weighted by molar-refractivity contribution is 9.10. The van der Waals surface area contributed by atoms with Gasteiger partial charge in [-0.15, -0.1) is 12.4 Å². The number of halogens is 3. The number of hydrogen-bond acceptors (Lipinski definition) is 2. The normalized spacial score (nSPS) is 18.4. The lowest BCUT2D eigenvalue weighted by atomic mass is 9.81. The van der Waals surface area contributed by atoms with Gasteiger partial charge < -0.3 is 5.32 Å². The fourth-order valence-corrected chi connectivity index (χ4v) is 3.44. The molecule has 0 aromatic heterocycles. The van der Waals surface area contributed by atoms with E-state index in [4.69, 9.17) is 0 Å². The minimum absolute atomic E-state index is 0. The third kappa shape index (κ3) is 4.17. The van der Waals surface area contributed by atoms with E-state index in [1.54, 1.807) is 12.1 Å². The largest absolute Gasteiger partial charge is 0.314 e. The van der Waals surface area contributed by atoms with Gasteiger partial charge in [-0.25, -0.2) is 4.39 Å². The van der Waals surface area contributed by atoms with Crippen LogP contribution in [0.1, 0.15) is 32.4 Å². The first-order chi connectivity index (χ1) is 8.89. The van der Waals surface area contributed by atoms with Gasteiger partial charge in [0.05, 0.1) is 0 Å². The Morgan fingerprint density at radius 3 is 2.35 bits per heavy atom. The van der Waals surface area contributed by atoms with Crippen LogP contribution in [0.15, 0.2) is 22.7 Å². The molecule has 114 valence electrons. The highest BCUT2D eigenvalue weighted by atomic mass is 79.9. The Bertz CT molecular complexity index is 442. The van der Waals surface area contributed by atoms with Crippen LogP contribution in [0.3, 0.4) is 0 Å². The van der Waals surface area contributed by atoms with Gasteiger partial charge in [-0.3, -0.25) is 4.90 Å². The van der Waals surface area contributed by atoms with Crippen molar-refractivity contribution in [2.75, 3.05) is 26.2 Å². The van der Waals surface area contributed by atoms with E-state index in [0.717, 1.165) is 30.7 Å². The van der Waals surface area contributed by atoms with Gasteiger partial charge in [0.25, 0.3) is 0 Å². The van der Waals surface area contributed by atoms with Gasteiger partial charge in [-0.05, 0) is 23.1 Å². The molecule has 2 nitrogen and oxygen atoms in total. The fraction of sp³-hybridized carbons (Fsp3) is 0.600. The summed E-state index contributed by atoms with van der Waals surface area (Å²) in [6, 6.07) is 5.33. The molecule has 1 aliphatic heterocycles. The van der Waals surface area contributed by atoms with Gasteiger partial charge in [-0.1, -0.05) is 42.8 Å². The summed E-state index contributed by atoms with van der Waals surface area (Å²) in [5, 5.41) is 3.38. The average molecular weight is 366 g/mol. The first kappa shape index (κ1) is 17.9. The van der Waals surface area contributed by atoms with E-state index in [1.807, 2.05) is 6.07 Å². The standard InChI is InChI=1S/C15H22BrFN2.ClH/c1-15(2,3)14(19-8-6-18-7-9-19)12-5-4-11(17)10-13(12)16;/h4-5,10,14,18H,6-9H2,1-3H3;1H/t14-;/m1./s1. The van der Waals surface area contributed by atoms with Crippen LogP contribution in [-0.2, 0) is 0 Å². The van der Waals surface area contributed by atoms with Gasteiger partial charge in [0.1, 0.15) is 5.82 Å². The number of hydrogen-bond donors (Lipinski definition) is 1. The molecule has 1 aromatic rings. The molecule has 0 spiro atoms. The van der Waals surface area contributed by atoms with E-state index in [0.29, 0.717) is 6.04 Å². The zero-order chi connectivity index (χ0) is 14.0. The lowest BCUT2D eigenvalue weighted by molar-refractivity contribution is 0.0856. The predicted molar refractivity (Wildman–Crippen MR) is 88.0 cm³/mol. The predicted octanol–water partition coefficient (Wildman–Crippen LogP) is 4.00. The highest BCUT2D eigenvalue weighted by Crippen LogP contribution is 2.41. The summed E-state index contributed by atoms with van der Waals surface area (Å²) >= 11 is 3.52. The van der Waals surface area contributed by atoms with Crippen molar-refractivity contribution in [1.82, 2.24) is 10.2 Å². The summed E-state index contributed by atoms with van der Waals surface area (Å²) in [5.41, 5.74) is 1.29. The third-order valence-electron chi connectivity index (χ3n) is 3.59. The molecule has 20 heavy (non-hydrogen) atoms. The van der Waals surface area contributed by atoms with E-state index < -0.39 is 0 Å². The first-order valence-corrected chi connectivity index (χ1v) is 7.58. The second-order valence-electron chi connectivity index (χ2n) is 6.22. The van der Waals surface area contributed by atoms with Crippen molar-refractivity contribution in [3.8, 4) is 0 Å². The van der Waals surface area contributed by atoms with Crippen LogP contribution in [0.2, 0.25) is 0 Å². The summed E-state index contributed by atoms with van der Waals surface area (Å²) in [6.07, 6.45) is 0. The zero-order valence-corrected chi connectivity index (χ0v) is 14.7. The molecule has 5 heteroatoms. The molecule has 1 aromatic carbocycles. The van der Waals surface area contributed by atoms with Gasteiger partial charge in [0.15, 0.2) is 0 Å². The van der Waals surface area contributed by atoms with Crippen molar-refractivity contribution >= 4 is 28.3 Å². The Morgan fingerprint density at radius 1 is 1.25 bits per heavy atom. The molecule has 0 aliphatic carbocycles. The number of nitrogens with one attached hydrogen (secondary N) is 1. The van der Waals surface area contributed by atoms with Crippen LogP contribution in [0, 0.1) is 11.2 Å². The number of piperazine rings is 1. The van der Waals surface area contributed by atoms with E-state index in [2.05, 4.69) is 46.9 Å². The van der Waals surface area contributed by atoms with Crippen molar-refractivity contribution in [2.45, 2.75) is 26.8 Å². The van der Waals surface area contributed by atoms with Crippen molar-refractivity contribution < 1.29 is 4.39 Å². The van der Waals surface area contributed by atoms with Crippen molar-refractivity contribution in [1.29, 1.82) is 0 Å². The SMILES string of the molecule is CC(C)(C)[C@@H](c1ccc(F)cc1Br)N1CCNCC1.Cl. The summed E-state index contributed by atoms with van der Waals surface area (Å²) in [7, 11) is 0. The van der Waals surface area contributed by atoms with E-state index >= 15 is 0 Å². The second kappa shape index (κ2) is 7.21. The number of nitrogens with zero attached hydrogens (tertiary/aromatic N) is 1. The second-order valence-corrected chi connectivity index (χ2v) is 7.07. The molecule has 0 amide bonds. The zero-order valence-electron chi connectivity index (χ0n) is 12.2. The number of rotatable bonds is 2. The van der Waals surface area contributed by atoms with Crippen LogP contribution in [0.4, 0.5) is 4.39 Å². The Labute approximate surface area is 135 Å². The maximum atomic E-state index is 13.3. The summed E-state index contributed by atoms with van der Waals surface area (Å²) < 4.78 is 14.2. The molecule has 1 atom stereocenters. The summed E-state index contributed by atoms with van der Waals surface area (Å²) in [6.45, 7) is 10.8. The Hall–Kier alpha value is -0.160. The van der Waals surface area contributed by atoms with Crippen LogP contribution in [0.5, 0.6) is 0 Å². The minimum atomic E-state index is -0.191. The average Bonchev–Trinajstić information content (AvgIpc) is 2.32. The van der Waals surface area contributed by atoms with Crippen molar-refractivity contribution in [2.24, 2.45) is 5.41 Å². The smallest absolute Gasteiger partial charge is 0.124 e. The molecule has 2 rings (SSSR count). The molecule has 1 saturated heterocycles. The Kier molecular flexibility index (Phi) is 6.45. The molecule has 1 heterocycles. The number of benzene rings is 1. The molecule has 1 aliphatic rings. The molecule has 0 unspecified atom stereocenters. The molecular weight excluding hydrogens is 343 g/mol. The fourth-order valence-electron chi connectivity index (χ4n) is 2.87. The molecular formula is C15H23BrClFN2.